The van der Waals surface area contributed by atoms with Gasteiger partial charge in [-0.05, 0) is 43.7 Å². The summed E-state index contributed by atoms with van der Waals surface area (Å²) in [6.07, 6.45) is 0. The molecule has 2 aromatic heterocycles. The molecule has 0 spiro atoms. The smallest absolute Gasteiger partial charge is 0.240 e. The highest BCUT2D eigenvalue weighted by molar-refractivity contribution is 8.00. The number of rotatable bonds is 4. The number of carbonyl (C=O) groups is 1. The molecule has 6 heteroatoms. The molecule has 4 rings (SSSR count). The number of para-hydroxylation sites is 2. The van der Waals surface area contributed by atoms with Gasteiger partial charge in [0.2, 0.25) is 5.91 Å². The molecule has 27 heavy (non-hydrogen) atoms. The van der Waals surface area contributed by atoms with Gasteiger partial charge in [-0.1, -0.05) is 48.2 Å². The van der Waals surface area contributed by atoms with Crippen molar-refractivity contribution in [2.24, 2.45) is 0 Å². The van der Waals surface area contributed by atoms with Crippen molar-refractivity contribution in [3.8, 4) is 0 Å². The molecule has 0 aliphatic carbocycles. The summed E-state index contributed by atoms with van der Waals surface area (Å²) in [6, 6.07) is 19.9. The Morgan fingerprint density at radius 1 is 1.07 bits per heavy atom. The Kier molecular flexibility index (Phi) is 4.58. The Balaban J connectivity index is 1.67. The van der Waals surface area contributed by atoms with Crippen LogP contribution in [-0.2, 0) is 4.79 Å². The largest absolute Gasteiger partial charge is 0.315 e. The summed E-state index contributed by atoms with van der Waals surface area (Å²) in [4.78, 5) is 14.6. The average molecular weight is 376 g/mol. The van der Waals surface area contributed by atoms with Crippen LogP contribution in [0.25, 0.3) is 16.6 Å². The minimum Gasteiger partial charge on any atom is -0.315 e. The molecule has 136 valence electrons. The molecular formula is C21H20N4OS. The second kappa shape index (κ2) is 7.04. The first-order chi connectivity index (χ1) is 13.1. The van der Waals surface area contributed by atoms with Crippen molar-refractivity contribution in [2.45, 2.75) is 24.3 Å². The number of amides is 1. The summed E-state index contributed by atoms with van der Waals surface area (Å²) in [5.74, 6) is 0.0272. The highest BCUT2D eigenvalue weighted by Crippen LogP contribution is 2.29. The van der Waals surface area contributed by atoms with Gasteiger partial charge in [0, 0.05) is 18.1 Å². The van der Waals surface area contributed by atoms with Crippen LogP contribution >= 0.6 is 11.8 Å². The molecule has 2 aromatic carbocycles. The van der Waals surface area contributed by atoms with E-state index in [2.05, 4.69) is 29.3 Å². The van der Waals surface area contributed by atoms with Crippen LogP contribution < -0.4 is 4.90 Å². The monoisotopic (exact) mass is 376 g/mol. The summed E-state index contributed by atoms with van der Waals surface area (Å²) < 4.78 is 2.03. The molecule has 1 atom stereocenters. The second-order valence-corrected chi connectivity index (χ2v) is 7.82. The molecule has 0 saturated heterocycles. The molecule has 0 N–H and O–H groups in total. The van der Waals surface area contributed by atoms with E-state index >= 15 is 0 Å². The number of aromatic nitrogens is 3. The molecule has 0 bridgehead atoms. The first-order valence-electron chi connectivity index (χ1n) is 8.79. The van der Waals surface area contributed by atoms with E-state index < -0.39 is 0 Å². The number of benzene rings is 2. The molecule has 0 saturated carbocycles. The Hall–Kier alpha value is -2.86. The molecule has 0 aliphatic rings. The number of aryl methyl sites for hydroxylation is 1. The molecule has 0 aliphatic heterocycles. The predicted octanol–water partition coefficient (Wildman–Crippen LogP) is 4.33. The van der Waals surface area contributed by atoms with Crippen LogP contribution in [0, 0.1) is 6.92 Å². The topological polar surface area (TPSA) is 50.5 Å². The first-order valence-corrected chi connectivity index (χ1v) is 9.67. The van der Waals surface area contributed by atoms with Gasteiger partial charge in [0.05, 0.1) is 10.8 Å². The van der Waals surface area contributed by atoms with Gasteiger partial charge in [-0.15, -0.1) is 10.2 Å². The SMILES string of the molecule is Cc1cc2nnc(SC(C)C(=O)N(C)c3ccccc3)n2c2ccccc12. The zero-order valence-electron chi connectivity index (χ0n) is 15.5. The maximum atomic E-state index is 12.9. The van der Waals surface area contributed by atoms with Gasteiger partial charge in [0.15, 0.2) is 10.8 Å². The minimum absolute atomic E-state index is 0.0272. The molecule has 0 fully saturated rings. The van der Waals surface area contributed by atoms with E-state index in [-0.39, 0.29) is 11.2 Å². The zero-order valence-corrected chi connectivity index (χ0v) is 16.3. The number of fused-ring (bicyclic) bond motifs is 3. The standard InChI is InChI=1S/C21H20N4OS/c1-14-13-19-22-23-21(25(19)18-12-8-7-11-17(14)18)27-15(2)20(26)24(3)16-9-5-4-6-10-16/h4-13,15H,1-3H3. The average Bonchev–Trinajstić information content (AvgIpc) is 3.10. The molecule has 1 unspecified atom stereocenters. The lowest BCUT2D eigenvalue weighted by Gasteiger charge is -2.20. The number of thioether (sulfide) groups is 1. The number of hydrogen-bond donors (Lipinski definition) is 0. The molecule has 1 amide bonds. The van der Waals surface area contributed by atoms with Gasteiger partial charge >= 0.3 is 0 Å². The van der Waals surface area contributed by atoms with Crippen LogP contribution in [0.1, 0.15) is 12.5 Å². The third-order valence-corrected chi connectivity index (χ3v) is 5.71. The number of carbonyl (C=O) groups excluding carboxylic acids is 1. The summed E-state index contributed by atoms with van der Waals surface area (Å²) in [6.45, 7) is 3.98. The molecule has 0 radical (unpaired) electrons. The maximum absolute atomic E-state index is 12.9. The van der Waals surface area contributed by atoms with Crippen molar-refractivity contribution in [3.63, 3.8) is 0 Å². The number of pyridine rings is 1. The molecule has 5 nitrogen and oxygen atoms in total. The van der Waals surface area contributed by atoms with Gasteiger partial charge < -0.3 is 4.90 Å². The van der Waals surface area contributed by atoms with Gasteiger partial charge in [-0.25, -0.2) is 0 Å². The van der Waals surface area contributed by atoms with Crippen LogP contribution in [0.5, 0.6) is 0 Å². The Labute approximate surface area is 162 Å². The molecule has 4 aromatic rings. The van der Waals surface area contributed by atoms with Crippen molar-refractivity contribution < 1.29 is 4.79 Å². The lowest BCUT2D eigenvalue weighted by molar-refractivity contribution is -0.117. The summed E-state index contributed by atoms with van der Waals surface area (Å²) in [7, 11) is 1.80. The molecular weight excluding hydrogens is 356 g/mol. The van der Waals surface area contributed by atoms with Crippen LogP contribution in [0.2, 0.25) is 0 Å². The highest BCUT2D eigenvalue weighted by Gasteiger charge is 2.22. The fraction of sp³-hybridized carbons (Fsp3) is 0.190. The predicted molar refractivity (Wildman–Crippen MR) is 110 cm³/mol. The van der Waals surface area contributed by atoms with Crippen LogP contribution in [0.15, 0.2) is 65.8 Å². The quantitative estimate of drug-likeness (QED) is 0.497. The van der Waals surface area contributed by atoms with Crippen LogP contribution in [0.4, 0.5) is 5.69 Å². The van der Waals surface area contributed by atoms with Crippen molar-refractivity contribution in [1.29, 1.82) is 0 Å². The van der Waals surface area contributed by atoms with Gasteiger partial charge in [0.25, 0.3) is 0 Å². The summed E-state index contributed by atoms with van der Waals surface area (Å²) in [5.41, 5.74) is 3.89. The Morgan fingerprint density at radius 2 is 1.78 bits per heavy atom. The van der Waals surface area contributed by atoms with E-state index in [0.717, 1.165) is 33.0 Å². The Morgan fingerprint density at radius 3 is 2.56 bits per heavy atom. The van der Waals surface area contributed by atoms with E-state index in [0.29, 0.717) is 0 Å². The van der Waals surface area contributed by atoms with Gasteiger partial charge in [-0.3, -0.25) is 9.20 Å². The number of hydrogen-bond acceptors (Lipinski definition) is 4. The Bertz CT molecular complexity index is 1120. The van der Waals surface area contributed by atoms with Crippen molar-refractivity contribution in [1.82, 2.24) is 14.6 Å². The number of anilines is 1. The van der Waals surface area contributed by atoms with E-state index in [1.165, 1.54) is 11.8 Å². The maximum Gasteiger partial charge on any atom is 0.240 e. The first kappa shape index (κ1) is 17.5. The zero-order chi connectivity index (χ0) is 19.0. The van der Waals surface area contributed by atoms with Gasteiger partial charge in [-0.2, -0.15) is 0 Å². The summed E-state index contributed by atoms with van der Waals surface area (Å²) >= 11 is 1.43. The lowest BCUT2D eigenvalue weighted by atomic mass is 10.1. The third kappa shape index (κ3) is 3.17. The second-order valence-electron chi connectivity index (χ2n) is 6.51. The van der Waals surface area contributed by atoms with E-state index in [1.807, 2.05) is 59.9 Å². The highest BCUT2D eigenvalue weighted by atomic mass is 32.2. The number of nitrogens with zero attached hydrogens (tertiary/aromatic N) is 4. The van der Waals surface area contributed by atoms with Crippen molar-refractivity contribution in [2.75, 3.05) is 11.9 Å². The molecule has 2 heterocycles. The van der Waals surface area contributed by atoms with Crippen LogP contribution in [-0.4, -0.2) is 32.8 Å². The van der Waals surface area contributed by atoms with E-state index in [9.17, 15) is 4.79 Å². The van der Waals surface area contributed by atoms with Crippen LogP contribution in [0.3, 0.4) is 0 Å². The van der Waals surface area contributed by atoms with E-state index in [1.54, 1.807) is 11.9 Å². The van der Waals surface area contributed by atoms with E-state index in [4.69, 9.17) is 0 Å². The minimum atomic E-state index is -0.289. The third-order valence-electron chi connectivity index (χ3n) is 4.68. The lowest BCUT2D eigenvalue weighted by Crippen LogP contribution is -2.33. The van der Waals surface area contributed by atoms with Crippen molar-refractivity contribution in [3.05, 3.63) is 66.2 Å². The van der Waals surface area contributed by atoms with Crippen molar-refractivity contribution >= 4 is 39.9 Å². The van der Waals surface area contributed by atoms with Gasteiger partial charge in [0.1, 0.15) is 0 Å². The summed E-state index contributed by atoms with van der Waals surface area (Å²) in [5, 5.41) is 10.3. The normalized spacial score (nSPS) is 12.4. The fourth-order valence-electron chi connectivity index (χ4n) is 3.21. The fourth-order valence-corrected chi connectivity index (χ4v) is 4.17.